The molecule has 0 bridgehead atoms. The molecular formula is C48H54Cl2N10O6S2. The topological polar surface area (TPSA) is 181 Å². The molecular weight excluding hydrogens is 948 g/mol. The van der Waals surface area contributed by atoms with Crippen LogP contribution in [0.2, 0.25) is 10.0 Å². The lowest BCUT2D eigenvalue weighted by molar-refractivity contribution is -0.122. The van der Waals surface area contributed by atoms with E-state index in [1.54, 1.807) is 22.7 Å². The van der Waals surface area contributed by atoms with Gasteiger partial charge in [0.05, 0.1) is 77.1 Å². The van der Waals surface area contributed by atoms with Crippen molar-refractivity contribution in [2.45, 2.75) is 66.5 Å². The van der Waals surface area contributed by atoms with Crippen molar-refractivity contribution in [3.63, 3.8) is 0 Å². The summed E-state index contributed by atoms with van der Waals surface area (Å²) >= 11 is 15.8. The van der Waals surface area contributed by atoms with E-state index < -0.39 is 12.1 Å². The zero-order chi connectivity index (χ0) is 47.9. The Kier molecular flexibility index (Phi) is 16.3. The average molecular weight is 1000 g/mol. The molecule has 2 amide bonds. The molecule has 2 aliphatic heterocycles. The summed E-state index contributed by atoms with van der Waals surface area (Å²) in [5.74, 6) is 2.40. The summed E-state index contributed by atoms with van der Waals surface area (Å²) in [5, 5.41) is 26.9. The fourth-order valence-corrected chi connectivity index (χ4v) is 10.7. The second-order valence-corrected chi connectivity index (χ2v) is 19.6. The van der Waals surface area contributed by atoms with Gasteiger partial charge in [0.15, 0.2) is 11.6 Å². The number of halogens is 2. The van der Waals surface area contributed by atoms with Crippen LogP contribution in [-0.4, -0.2) is 119 Å². The van der Waals surface area contributed by atoms with Gasteiger partial charge in [0.1, 0.15) is 33.7 Å². The van der Waals surface area contributed by atoms with Crippen molar-refractivity contribution in [1.82, 2.24) is 40.2 Å². The second kappa shape index (κ2) is 22.5. The van der Waals surface area contributed by atoms with E-state index >= 15 is 0 Å². The van der Waals surface area contributed by atoms with Gasteiger partial charge in [-0.05, 0) is 76.9 Å². The van der Waals surface area contributed by atoms with Crippen molar-refractivity contribution in [3.8, 4) is 10.0 Å². The number of amides is 2. The first-order chi connectivity index (χ1) is 32.9. The minimum atomic E-state index is -0.549. The third-order valence-corrected chi connectivity index (χ3v) is 14.6. The van der Waals surface area contributed by atoms with Gasteiger partial charge < -0.3 is 29.6 Å². The Balaban J connectivity index is 0.696. The van der Waals surface area contributed by atoms with Crippen molar-refractivity contribution in [3.05, 3.63) is 125 Å². The minimum Gasteiger partial charge on any atom is -0.377 e. The molecule has 0 aliphatic carbocycles. The van der Waals surface area contributed by atoms with Crippen LogP contribution in [-0.2, 0) is 28.5 Å². The van der Waals surface area contributed by atoms with E-state index in [0.29, 0.717) is 87.6 Å². The highest BCUT2D eigenvalue weighted by atomic mass is 35.5. The minimum absolute atomic E-state index is 0.0971. The Labute approximate surface area is 413 Å². The van der Waals surface area contributed by atoms with Crippen LogP contribution >= 0.6 is 45.9 Å². The predicted molar refractivity (Wildman–Crippen MR) is 265 cm³/mol. The first-order valence-corrected chi connectivity index (χ1v) is 24.9. The Bertz CT molecular complexity index is 2630. The highest BCUT2D eigenvalue weighted by Gasteiger charge is 2.34. The standard InChI is InChI=1S/C48H54Cl2N10O6S2/c1-27-29(3)67-47-41(27)43(33-7-11-35(49)12-8-33)53-37(45-57-55-31(5)59(45)47)25-39(61)51-15-17-63-19-21-65-23-24-66-22-20-64-18-16-52-40(62)26-38-46-58-56-32(6)60(46)48-42(28(2)30(4)68-48)44(54-38)34-9-13-36(50)14-10-34/h7-14,37-38H,15-26H2,1-6H3,(H,51,61)(H,52,62)/t37-,38-/m0/s1. The number of carbonyl (C=O) groups is 2. The normalized spacial score (nSPS) is 15.1. The molecule has 8 rings (SSSR count). The molecule has 6 aromatic rings. The molecule has 68 heavy (non-hydrogen) atoms. The second-order valence-electron chi connectivity index (χ2n) is 16.4. The van der Waals surface area contributed by atoms with Gasteiger partial charge in [-0.25, -0.2) is 0 Å². The Morgan fingerprint density at radius 2 is 0.897 bits per heavy atom. The van der Waals surface area contributed by atoms with Gasteiger partial charge in [-0.2, -0.15) is 0 Å². The molecule has 2 aromatic carbocycles. The van der Waals surface area contributed by atoms with Crippen LogP contribution in [0, 0.1) is 41.5 Å². The summed E-state index contributed by atoms with van der Waals surface area (Å²) in [5.41, 5.74) is 7.73. The fourth-order valence-electron chi connectivity index (χ4n) is 8.05. The summed E-state index contributed by atoms with van der Waals surface area (Å²) in [6, 6.07) is 14.1. The van der Waals surface area contributed by atoms with Crippen LogP contribution < -0.4 is 10.6 Å². The number of hydrogen-bond donors (Lipinski definition) is 2. The van der Waals surface area contributed by atoms with E-state index in [2.05, 4.69) is 58.7 Å². The number of aryl methyl sites for hydroxylation is 4. The van der Waals surface area contributed by atoms with Crippen LogP contribution in [0.1, 0.15) is 91.4 Å². The van der Waals surface area contributed by atoms with Crippen molar-refractivity contribution in [2.24, 2.45) is 9.98 Å². The van der Waals surface area contributed by atoms with Crippen LogP contribution in [0.25, 0.3) is 10.0 Å². The summed E-state index contributed by atoms with van der Waals surface area (Å²) in [6.07, 6.45) is 0.194. The molecule has 0 saturated heterocycles. The van der Waals surface area contributed by atoms with Crippen LogP contribution in [0.5, 0.6) is 0 Å². The SMILES string of the molecule is Cc1sc2c(c1C)C(c1ccc(Cl)cc1)=N[C@@H](CC(=O)NCCOCCOCCOCCOCCNC(=O)C[C@@H]1N=C(c3ccc(Cl)cc3)c3c(sc(C)c3C)-n3c(C)nnc31)c1nnc(C)n1-2. The van der Waals surface area contributed by atoms with Crippen LogP contribution in [0.3, 0.4) is 0 Å². The summed E-state index contributed by atoms with van der Waals surface area (Å²) in [4.78, 5) is 39.2. The van der Waals surface area contributed by atoms with Crippen molar-refractivity contribution in [1.29, 1.82) is 0 Å². The van der Waals surface area contributed by atoms with Gasteiger partial charge in [-0.1, -0.05) is 47.5 Å². The van der Waals surface area contributed by atoms with Crippen LogP contribution in [0.15, 0.2) is 58.5 Å². The maximum absolute atomic E-state index is 13.2. The lowest BCUT2D eigenvalue weighted by atomic mass is 9.99. The fraction of sp³-hybridized carbons (Fsp3) is 0.417. The molecule has 2 N–H and O–H groups in total. The molecule has 4 aromatic heterocycles. The number of aromatic nitrogens is 6. The molecule has 0 radical (unpaired) electrons. The summed E-state index contributed by atoms with van der Waals surface area (Å²) in [7, 11) is 0. The zero-order valence-corrected chi connectivity index (χ0v) is 42.0. The lowest BCUT2D eigenvalue weighted by Gasteiger charge is -2.13. The van der Waals surface area contributed by atoms with E-state index in [-0.39, 0.29) is 24.7 Å². The van der Waals surface area contributed by atoms with Crippen molar-refractivity contribution in [2.75, 3.05) is 65.9 Å². The van der Waals surface area contributed by atoms with Gasteiger partial charge in [0.25, 0.3) is 0 Å². The number of ether oxygens (including phenoxy) is 4. The first kappa shape index (κ1) is 49.2. The largest absolute Gasteiger partial charge is 0.377 e. The number of benzene rings is 2. The van der Waals surface area contributed by atoms with E-state index in [1.807, 2.05) is 71.5 Å². The first-order valence-electron chi connectivity index (χ1n) is 22.5. The molecule has 16 nitrogen and oxygen atoms in total. The number of thiophene rings is 2. The van der Waals surface area contributed by atoms with Crippen molar-refractivity contribution < 1.29 is 28.5 Å². The smallest absolute Gasteiger partial charge is 0.222 e. The lowest BCUT2D eigenvalue weighted by Crippen LogP contribution is -2.29. The average Bonchev–Trinajstić information content (AvgIpc) is 4.01. The van der Waals surface area contributed by atoms with Gasteiger partial charge in [-0.15, -0.1) is 43.1 Å². The molecule has 0 unspecified atom stereocenters. The van der Waals surface area contributed by atoms with Gasteiger partial charge in [0, 0.05) is 55.1 Å². The zero-order valence-electron chi connectivity index (χ0n) is 38.9. The number of fused-ring (bicyclic) bond motifs is 6. The molecule has 6 heterocycles. The monoisotopic (exact) mass is 1000 g/mol. The Morgan fingerprint density at radius 1 is 0.544 bits per heavy atom. The van der Waals surface area contributed by atoms with Crippen molar-refractivity contribution >= 4 is 69.1 Å². The maximum Gasteiger partial charge on any atom is 0.222 e. The molecule has 0 spiro atoms. The quantitative estimate of drug-likeness (QED) is 0.0679. The van der Waals surface area contributed by atoms with Gasteiger partial charge >= 0.3 is 0 Å². The highest BCUT2D eigenvalue weighted by Crippen LogP contribution is 2.41. The third-order valence-electron chi connectivity index (χ3n) is 11.7. The molecule has 0 saturated carbocycles. The molecule has 0 fully saturated rings. The Morgan fingerprint density at radius 3 is 1.26 bits per heavy atom. The van der Waals surface area contributed by atoms with Gasteiger partial charge in [0.2, 0.25) is 11.8 Å². The number of nitrogens with one attached hydrogen (secondary N) is 2. The number of rotatable bonds is 21. The molecule has 2 atom stereocenters. The summed E-state index contributed by atoms with van der Waals surface area (Å²) in [6.45, 7) is 15.9. The number of aliphatic imine (C=N–C) groups is 2. The summed E-state index contributed by atoms with van der Waals surface area (Å²) < 4.78 is 26.7. The number of hydrogen-bond acceptors (Lipinski definition) is 14. The number of nitrogens with zero attached hydrogens (tertiary/aromatic N) is 8. The Hall–Kier alpha value is -5.18. The third kappa shape index (κ3) is 11.1. The predicted octanol–water partition coefficient (Wildman–Crippen LogP) is 7.69. The molecule has 20 heteroatoms. The number of carbonyl (C=O) groups excluding carboxylic acids is 2. The highest BCUT2D eigenvalue weighted by molar-refractivity contribution is 7.15. The van der Waals surface area contributed by atoms with Crippen LogP contribution in [0.4, 0.5) is 0 Å². The molecule has 358 valence electrons. The molecule has 2 aliphatic rings. The van der Waals surface area contributed by atoms with E-state index in [4.69, 9.17) is 52.1 Å². The maximum atomic E-state index is 13.2. The van der Waals surface area contributed by atoms with E-state index in [9.17, 15) is 9.59 Å². The van der Waals surface area contributed by atoms with E-state index in [0.717, 1.165) is 66.5 Å². The van der Waals surface area contributed by atoms with E-state index in [1.165, 1.54) is 9.75 Å². The van der Waals surface area contributed by atoms with Gasteiger partial charge in [-0.3, -0.25) is 28.7 Å².